The second-order valence-corrected chi connectivity index (χ2v) is 10.9. The third-order valence-corrected chi connectivity index (χ3v) is 6.17. The first-order chi connectivity index (χ1) is 14.9. The first-order valence-electron chi connectivity index (χ1n) is 10.5. The van der Waals surface area contributed by atoms with Crippen LogP contribution in [0.1, 0.15) is 44.0 Å². The molecule has 0 radical (unpaired) electrons. The Kier molecular flexibility index (Phi) is 6.93. The molecule has 0 aliphatic carbocycles. The van der Waals surface area contributed by atoms with Crippen LogP contribution in [0.5, 0.6) is 5.75 Å². The molecule has 3 rings (SSSR count). The molecule has 2 heterocycles. The Morgan fingerprint density at radius 1 is 1.19 bits per heavy atom. The first-order valence-corrected chi connectivity index (χ1v) is 12.4. The number of aryl methyl sites for hydroxylation is 1. The van der Waals surface area contributed by atoms with Crippen molar-refractivity contribution < 1.29 is 22.7 Å². The fourth-order valence-electron chi connectivity index (χ4n) is 3.29. The van der Waals surface area contributed by atoms with E-state index < -0.39 is 15.4 Å². The Hall–Kier alpha value is -2.87. The molecule has 0 spiro atoms. The topological polar surface area (TPSA) is 85.8 Å². The average molecular weight is 459 g/mol. The smallest absolute Gasteiger partial charge is 0.410 e. The van der Waals surface area contributed by atoms with Crippen LogP contribution in [-0.4, -0.2) is 49.3 Å². The molecule has 0 saturated carbocycles. The van der Waals surface area contributed by atoms with Gasteiger partial charge in [-0.2, -0.15) is 0 Å². The van der Waals surface area contributed by atoms with Gasteiger partial charge in [-0.05, 0) is 81.1 Å². The van der Waals surface area contributed by atoms with Crippen molar-refractivity contribution in [1.82, 2.24) is 9.88 Å². The number of rotatable bonds is 5. The van der Waals surface area contributed by atoms with Crippen LogP contribution in [0.4, 0.5) is 4.79 Å². The van der Waals surface area contributed by atoms with Gasteiger partial charge in [-0.1, -0.05) is 6.08 Å². The molecule has 172 valence electrons. The lowest BCUT2D eigenvalue weighted by atomic mass is 9.99. The van der Waals surface area contributed by atoms with Gasteiger partial charge in [0.25, 0.3) is 0 Å². The van der Waals surface area contributed by atoms with Crippen molar-refractivity contribution in [2.75, 3.05) is 19.3 Å². The van der Waals surface area contributed by atoms with Crippen LogP contribution in [0, 0.1) is 6.92 Å². The molecule has 2 aromatic rings. The van der Waals surface area contributed by atoms with Crippen molar-refractivity contribution in [3.8, 4) is 5.75 Å². The van der Waals surface area contributed by atoms with Crippen molar-refractivity contribution in [2.24, 2.45) is 0 Å². The molecule has 1 amide bonds. The molecule has 8 heteroatoms. The van der Waals surface area contributed by atoms with Gasteiger partial charge in [0.2, 0.25) is 0 Å². The van der Waals surface area contributed by atoms with Gasteiger partial charge in [0, 0.05) is 25.5 Å². The number of amides is 1. The van der Waals surface area contributed by atoms with E-state index in [2.05, 4.69) is 11.1 Å². The minimum Gasteiger partial charge on any atom is -0.487 e. The fraction of sp³-hybridized carbons (Fsp3) is 0.417. The summed E-state index contributed by atoms with van der Waals surface area (Å²) in [6, 6.07) is 8.43. The quantitative estimate of drug-likeness (QED) is 0.660. The van der Waals surface area contributed by atoms with Gasteiger partial charge in [0.05, 0.1) is 10.6 Å². The van der Waals surface area contributed by atoms with E-state index in [1.165, 1.54) is 18.4 Å². The third kappa shape index (κ3) is 6.32. The summed E-state index contributed by atoms with van der Waals surface area (Å²) in [6.45, 7) is 8.97. The number of aromatic nitrogens is 1. The maximum absolute atomic E-state index is 12.2. The minimum atomic E-state index is -3.23. The predicted octanol–water partition coefficient (Wildman–Crippen LogP) is 4.40. The summed E-state index contributed by atoms with van der Waals surface area (Å²) in [5.74, 6) is 0.583. The molecule has 7 nitrogen and oxygen atoms in total. The zero-order valence-corrected chi connectivity index (χ0v) is 20.0. The van der Waals surface area contributed by atoms with E-state index in [9.17, 15) is 13.2 Å². The van der Waals surface area contributed by atoms with Crippen LogP contribution < -0.4 is 4.74 Å². The Labute approximate surface area is 190 Å². The van der Waals surface area contributed by atoms with Crippen molar-refractivity contribution in [3.05, 3.63) is 59.4 Å². The number of ether oxygens (including phenoxy) is 2. The molecule has 0 unspecified atom stereocenters. The standard InChI is InChI=1S/C24H30N2O5S/c1-17-14-19(18-10-12-26(13-11-18)23(27)31-24(2,3)4)15-25-22(17)16-30-20-6-8-21(9-7-20)32(5,28)29/h6-10,14-15H,11-13,16H2,1-5H3. The Balaban J connectivity index is 1.61. The van der Waals surface area contributed by atoms with Gasteiger partial charge >= 0.3 is 6.09 Å². The number of pyridine rings is 1. The van der Waals surface area contributed by atoms with Gasteiger partial charge < -0.3 is 14.4 Å². The maximum atomic E-state index is 12.2. The zero-order valence-electron chi connectivity index (χ0n) is 19.2. The molecule has 0 atom stereocenters. The van der Waals surface area contributed by atoms with E-state index in [1.54, 1.807) is 17.0 Å². The van der Waals surface area contributed by atoms with Crippen LogP contribution >= 0.6 is 0 Å². The highest BCUT2D eigenvalue weighted by Gasteiger charge is 2.24. The molecule has 0 bridgehead atoms. The van der Waals surface area contributed by atoms with E-state index in [0.29, 0.717) is 18.8 Å². The van der Waals surface area contributed by atoms with Crippen LogP contribution in [0.15, 0.2) is 47.5 Å². The number of sulfone groups is 1. The monoisotopic (exact) mass is 458 g/mol. The highest BCUT2D eigenvalue weighted by Crippen LogP contribution is 2.25. The number of carbonyl (C=O) groups is 1. The lowest BCUT2D eigenvalue weighted by Crippen LogP contribution is -2.39. The van der Waals surface area contributed by atoms with Crippen LogP contribution in [-0.2, 0) is 21.2 Å². The van der Waals surface area contributed by atoms with Gasteiger partial charge in [-0.15, -0.1) is 0 Å². The summed E-state index contributed by atoms with van der Waals surface area (Å²) in [6.07, 6.45) is 5.49. The lowest BCUT2D eigenvalue weighted by Gasteiger charge is -2.29. The molecule has 1 aliphatic rings. The summed E-state index contributed by atoms with van der Waals surface area (Å²) in [4.78, 5) is 18.8. The van der Waals surface area contributed by atoms with Gasteiger partial charge in [-0.25, -0.2) is 13.2 Å². The number of hydrogen-bond donors (Lipinski definition) is 0. The van der Waals surface area contributed by atoms with Crippen molar-refractivity contribution in [2.45, 2.75) is 51.2 Å². The van der Waals surface area contributed by atoms with E-state index >= 15 is 0 Å². The number of carbonyl (C=O) groups excluding carboxylic acids is 1. The van der Waals surface area contributed by atoms with E-state index in [4.69, 9.17) is 9.47 Å². The van der Waals surface area contributed by atoms with Gasteiger partial charge in [0.15, 0.2) is 9.84 Å². The second-order valence-electron chi connectivity index (χ2n) is 8.93. The predicted molar refractivity (Wildman–Crippen MR) is 123 cm³/mol. The minimum absolute atomic E-state index is 0.259. The van der Waals surface area contributed by atoms with Crippen LogP contribution in [0.25, 0.3) is 5.57 Å². The Morgan fingerprint density at radius 3 is 2.41 bits per heavy atom. The van der Waals surface area contributed by atoms with Crippen molar-refractivity contribution >= 4 is 21.5 Å². The highest BCUT2D eigenvalue weighted by molar-refractivity contribution is 7.90. The summed E-state index contributed by atoms with van der Waals surface area (Å²) >= 11 is 0. The second kappa shape index (κ2) is 9.32. The number of nitrogens with zero attached hydrogens (tertiary/aromatic N) is 2. The molecule has 1 aromatic heterocycles. The average Bonchev–Trinajstić information content (AvgIpc) is 2.71. The highest BCUT2D eigenvalue weighted by atomic mass is 32.2. The first kappa shape index (κ1) is 23.8. The van der Waals surface area contributed by atoms with Gasteiger partial charge in [0.1, 0.15) is 18.0 Å². The molecular weight excluding hydrogens is 428 g/mol. The molecule has 1 aliphatic heterocycles. The van der Waals surface area contributed by atoms with Crippen LogP contribution in [0.3, 0.4) is 0 Å². The number of benzene rings is 1. The van der Waals surface area contributed by atoms with E-state index in [1.807, 2.05) is 40.0 Å². The summed E-state index contributed by atoms with van der Waals surface area (Å²) in [5.41, 5.74) is 3.51. The molecule has 0 fully saturated rings. The lowest BCUT2D eigenvalue weighted by molar-refractivity contribution is 0.0270. The van der Waals surface area contributed by atoms with E-state index in [0.717, 1.165) is 28.8 Å². The largest absolute Gasteiger partial charge is 0.487 e. The molecular formula is C24H30N2O5S. The molecule has 0 saturated heterocycles. The molecule has 0 N–H and O–H groups in total. The van der Waals surface area contributed by atoms with Crippen molar-refractivity contribution in [3.63, 3.8) is 0 Å². The molecule has 32 heavy (non-hydrogen) atoms. The Bertz CT molecular complexity index is 1120. The van der Waals surface area contributed by atoms with Crippen molar-refractivity contribution in [1.29, 1.82) is 0 Å². The summed E-state index contributed by atoms with van der Waals surface area (Å²) < 4.78 is 34.3. The summed E-state index contributed by atoms with van der Waals surface area (Å²) in [5, 5.41) is 0. The van der Waals surface area contributed by atoms with Gasteiger partial charge in [-0.3, -0.25) is 4.98 Å². The van der Waals surface area contributed by atoms with Crippen LogP contribution in [0.2, 0.25) is 0 Å². The normalized spacial score (nSPS) is 14.7. The number of hydrogen-bond acceptors (Lipinski definition) is 6. The third-order valence-electron chi connectivity index (χ3n) is 5.05. The Morgan fingerprint density at radius 2 is 1.88 bits per heavy atom. The SMILES string of the molecule is Cc1cc(C2=CCN(C(=O)OC(C)(C)C)CC2)cnc1COc1ccc(S(C)(=O)=O)cc1. The maximum Gasteiger partial charge on any atom is 0.410 e. The fourth-order valence-corrected chi connectivity index (χ4v) is 3.92. The van der Waals surface area contributed by atoms with E-state index in [-0.39, 0.29) is 17.6 Å². The summed E-state index contributed by atoms with van der Waals surface area (Å²) in [7, 11) is -3.23. The molecule has 1 aromatic carbocycles. The zero-order chi connectivity index (χ0) is 23.5.